The Morgan fingerprint density at radius 1 is 0.733 bits per heavy atom. The summed E-state index contributed by atoms with van der Waals surface area (Å²) in [6.07, 6.45) is 3.63. The van der Waals surface area contributed by atoms with E-state index in [4.69, 9.17) is 0 Å². The number of rotatable bonds is 7. The molecule has 0 unspecified atom stereocenters. The minimum Gasteiger partial charge on any atom is -0.508 e. The number of nitrogens with zero attached hydrogens (tertiary/aromatic N) is 1. The molecule has 4 aromatic rings. The highest BCUT2D eigenvalue weighted by atomic mass is 16.3. The molecule has 150 valence electrons. The third kappa shape index (κ3) is 4.69. The number of aryl methyl sites for hydroxylation is 2. The van der Waals surface area contributed by atoms with Gasteiger partial charge in [0.05, 0.1) is 0 Å². The minimum atomic E-state index is 0.00883. The first-order valence-corrected chi connectivity index (χ1v) is 10.3. The van der Waals surface area contributed by atoms with Crippen LogP contribution in [0.25, 0.3) is 0 Å². The van der Waals surface area contributed by atoms with Gasteiger partial charge in [0.25, 0.3) is 5.56 Å². The highest BCUT2D eigenvalue weighted by Crippen LogP contribution is 2.31. The van der Waals surface area contributed by atoms with E-state index in [1.807, 2.05) is 36.5 Å². The van der Waals surface area contributed by atoms with Crippen molar-refractivity contribution in [3.8, 4) is 5.75 Å². The summed E-state index contributed by atoms with van der Waals surface area (Å²) in [6, 6.07) is 31.7. The van der Waals surface area contributed by atoms with Gasteiger partial charge in [0.2, 0.25) is 0 Å². The van der Waals surface area contributed by atoms with Gasteiger partial charge in [-0.15, -0.1) is 0 Å². The summed E-state index contributed by atoms with van der Waals surface area (Å²) in [5, 5.41) is 9.63. The molecule has 0 atom stereocenters. The van der Waals surface area contributed by atoms with Crippen molar-refractivity contribution < 1.29 is 5.11 Å². The molecule has 0 radical (unpaired) electrons. The lowest BCUT2D eigenvalue weighted by Crippen LogP contribution is -2.20. The second kappa shape index (κ2) is 9.27. The maximum Gasteiger partial charge on any atom is 0.250 e. The molecule has 3 nitrogen and oxygen atoms in total. The van der Waals surface area contributed by atoms with Crippen LogP contribution in [0, 0.1) is 0 Å². The van der Waals surface area contributed by atoms with E-state index in [0.29, 0.717) is 6.54 Å². The average molecular weight is 396 g/mol. The maximum atomic E-state index is 12.5. The van der Waals surface area contributed by atoms with E-state index in [0.717, 1.165) is 24.0 Å². The summed E-state index contributed by atoms with van der Waals surface area (Å²) in [6.45, 7) is 0.638. The Morgan fingerprint density at radius 2 is 1.40 bits per heavy atom. The van der Waals surface area contributed by atoms with E-state index in [9.17, 15) is 9.90 Å². The van der Waals surface area contributed by atoms with Crippen molar-refractivity contribution >= 4 is 0 Å². The Balaban J connectivity index is 1.60. The van der Waals surface area contributed by atoms with Gasteiger partial charge >= 0.3 is 0 Å². The number of aromatic nitrogens is 1. The Hall–Kier alpha value is -3.59. The van der Waals surface area contributed by atoms with E-state index in [-0.39, 0.29) is 17.2 Å². The molecule has 30 heavy (non-hydrogen) atoms. The Morgan fingerprint density at radius 3 is 2.03 bits per heavy atom. The number of phenolic OH excluding ortho intramolecular Hbond substituents is 1. The van der Waals surface area contributed by atoms with Crippen LogP contribution in [0.2, 0.25) is 0 Å². The molecule has 3 aromatic carbocycles. The average Bonchev–Trinajstić information content (AvgIpc) is 2.77. The van der Waals surface area contributed by atoms with Crippen LogP contribution in [0.4, 0.5) is 0 Å². The smallest absolute Gasteiger partial charge is 0.250 e. The third-order valence-corrected chi connectivity index (χ3v) is 5.38. The summed E-state index contributed by atoms with van der Waals surface area (Å²) >= 11 is 0. The van der Waals surface area contributed by atoms with Crippen LogP contribution in [-0.2, 0) is 13.0 Å². The third-order valence-electron chi connectivity index (χ3n) is 5.38. The minimum absolute atomic E-state index is 0.00883. The predicted molar refractivity (Wildman–Crippen MR) is 121 cm³/mol. The fourth-order valence-corrected chi connectivity index (χ4v) is 3.93. The zero-order valence-corrected chi connectivity index (χ0v) is 16.8. The number of phenols is 1. The van der Waals surface area contributed by atoms with Gasteiger partial charge in [-0.2, -0.15) is 0 Å². The maximum absolute atomic E-state index is 12.5. The van der Waals surface area contributed by atoms with E-state index >= 15 is 0 Å². The summed E-state index contributed by atoms with van der Waals surface area (Å²) in [4.78, 5) is 12.5. The molecule has 1 N–H and O–H groups in total. The second-order valence-corrected chi connectivity index (χ2v) is 7.52. The van der Waals surface area contributed by atoms with Gasteiger partial charge in [-0.3, -0.25) is 4.79 Å². The quantitative estimate of drug-likeness (QED) is 0.457. The fourth-order valence-electron chi connectivity index (χ4n) is 3.93. The molecule has 4 rings (SSSR count). The monoisotopic (exact) mass is 395 g/mol. The fraction of sp³-hybridized carbons (Fsp3) is 0.148. The number of pyridine rings is 1. The normalized spacial score (nSPS) is 11.0. The molecule has 0 amide bonds. The molecule has 0 aliphatic heterocycles. The van der Waals surface area contributed by atoms with E-state index in [1.165, 1.54) is 11.1 Å². The molecule has 0 spiro atoms. The zero-order chi connectivity index (χ0) is 20.8. The van der Waals surface area contributed by atoms with Crippen molar-refractivity contribution in [3.63, 3.8) is 0 Å². The van der Waals surface area contributed by atoms with Crippen LogP contribution >= 0.6 is 0 Å². The van der Waals surface area contributed by atoms with Gasteiger partial charge < -0.3 is 9.67 Å². The molecular weight excluding hydrogens is 370 g/mol. The van der Waals surface area contributed by atoms with Crippen LogP contribution < -0.4 is 5.56 Å². The lowest BCUT2D eigenvalue weighted by Gasteiger charge is -2.20. The van der Waals surface area contributed by atoms with Gasteiger partial charge in [0, 0.05) is 24.7 Å². The molecule has 1 heterocycles. The van der Waals surface area contributed by atoms with E-state index in [2.05, 4.69) is 48.5 Å². The number of hydrogen-bond acceptors (Lipinski definition) is 2. The second-order valence-electron chi connectivity index (χ2n) is 7.52. The summed E-state index contributed by atoms with van der Waals surface area (Å²) in [5.74, 6) is 0.352. The van der Waals surface area contributed by atoms with Crippen molar-refractivity contribution in [2.45, 2.75) is 25.3 Å². The highest BCUT2D eigenvalue weighted by molar-refractivity contribution is 5.42. The van der Waals surface area contributed by atoms with Gasteiger partial charge in [-0.05, 0) is 47.2 Å². The van der Waals surface area contributed by atoms with Crippen LogP contribution in [-0.4, -0.2) is 9.67 Å². The van der Waals surface area contributed by atoms with Crippen molar-refractivity contribution in [1.82, 2.24) is 4.57 Å². The summed E-state index contributed by atoms with van der Waals surface area (Å²) < 4.78 is 1.80. The molecule has 0 saturated heterocycles. The lowest BCUT2D eigenvalue weighted by atomic mass is 9.86. The van der Waals surface area contributed by atoms with Crippen LogP contribution in [0.15, 0.2) is 108 Å². The van der Waals surface area contributed by atoms with Gasteiger partial charge in [0.1, 0.15) is 5.75 Å². The van der Waals surface area contributed by atoms with Gasteiger partial charge in [-0.25, -0.2) is 0 Å². The Labute approximate surface area is 176 Å². The van der Waals surface area contributed by atoms with Crippen molar-refractivity contribution in [2.24, 2.45) is 0 Å². The highest BCUT2D eigenvalue weighted by Gasteiger charge is 2.17. The molecular formula is C27H25NO2. The number of benzene rings is 3. The molecule has 0 saturated carbocycles. The van der Waals surface area contributed by atoms with Crippen LogP contribution in [0.1, 0.15) is 34.6 Å². The van der Waals surface area contributed by atoms with Crippen molar-refractivity contribution in [1.29, 1.82) is 0 Å². The van der Waals surface area contributed by atoms with Crippen LogP contribution in [0.3, 0.4) is 0 Å². The predicted octanol–water partition coefficient (Wildman–Crippen LogP) is 5.37. The van der Waals surface area contributed by atoms with Crippen molar-refractivity contribution in [2.75, 3.05) is 0 Å². The van der Waals surface area contributed by atoms with E-state index < -0.39 is 0 Å². The van der Waals surface area contributed by atoms with Gasteiger partial charge in [0.15, 0.2) is 0 Å². The molecule has 0 aliphatic rings. The van der Waals surface area contributed by atoms with Crippen LogP contribution in [0.5, 0.6) is 5.75 Å². The molecule has 0 aliphatic carbocycles. The standard InChI is InChI=1S/C27H25NO2/c29-25-15-7-9-21(19-25)10-8-18-28-20-24(16-17-26(28)30)27(22-11-3-1-4-12-22)23-13-5-2-6-14-23/h1-7,9,11-17,19-20,27,29H,8,10,18H2. The summed E-state index contributed by atoms with van der Waals surface area (Å²) in [7, 11) is 0. The largest absolute Gasteiger partial charge is 0.508 e. The zero-order valence-electron chi connectivity index (χ0n) is 16.8. The SMILES string of the molecule is O=c1ccc(C(c2ccccc2)c2ccccc2)cn1CCCc1cccc(O)c1. The molecule has 0 fully saturated rings. The van der Waals surface area contributed by atoms with Gasteiger partial charge in [-0.1, -0.05) is 78.9 Å². The molecule has 3 heteroatoms. The van der Waals surface area contributed by atoms with E-state index in [1.54, 1.807) is 22.8 Å². The number of hydrogen-bond donors (Lipinski definition) is 1. The first-order chi connectivity index (χ1) is 14.7. The topological polar surface area (TPSA) is 42.2 Å². The summed E-state index contributed by atoms with van der Waals surface area (Å²) in [5.41, 5.74) is 4.59. The van der Waals surface area contributed by atoms with Crippen molar-refractivity contribution in [3.05, 3.63) is 136 Å². The number of aromatic hydroxyl groups is 1. The first kappa shape index (κ1) is 19.7. The molecule has 0 bridgehead atoms. The molecule has 1 aromatic heterocycles. The first-order valence-electron chi connectivity index (χ1n) is 10.3. The Kier molecular flexibility index (Phi) is 6.09. The Bertz CT molecular complexity index is 1110. The lowest BCUT2D eigenvalue weighted by molar-refractivity contribution is 0.474.